The van der Waals surface area contributed by atoms with E-state index in [4.69, 9.17) is 4.74 Å². The summed E-state index contributed by atoms with van der Waals surface area (Å²) in [6, 6.07) is 8.17. The number of nitrogens with one attached hydrogen (secondary N) is 1. The molecule has 22 heavy (non-hydrogen) atoms. The Morgan fingerprint density at radius 3 is 2.95 bits per heavy atom. The topological polar surface area (TPSA) is 58.2 Å². The quantitative estimate of drug-likeness (QED) is 0.943. The lowest BCUT2D eigenvalue weighted by Gasteiger charge is -2.27. The smallest absolute Gasteiger partial charge is 0.272 e. The fourth-order valence-corrected chi connectivity index (χ4v) is 2.63. The maximum atomic E-state index is 13.9. The van der Waals surface area contributed by atoms with Crippen LogP contribution in [0.4, 0.5) is 4.39 Å². The number of aryl methyl sites for hydroxylation is 1. The van der Waals surface area contributed by atoms with Gasteiger partial charge < -0.3 is 9.64 Å². The van der Waals surface area contributed by atoms with Crippen molar-refractivity contribution in [1.82, 2.24) is 15.1 Å². The molecule has 0 aliphatic carbocycles. The monoisotopic (exact) mass is 303 g/mol. The SMILES string of the molecule is Cc1cc(C(=O)N(Cc2ccccc2F)C2CCOC2)[nH]n1. The van der Waals surface area contributed by atoms with Gasteiger partial charge in [0.2, 0.25) is 0 Å². The first-order chi connectivity index (χ1) is 10.6. The highest BCUT2D eigenvalue weighted by Crippen LogP contribution is 2.20. The van der Waals surface area contributed by atoms with Crippen molar-refractivity contribution in [2.24, 2.45) is 0 Å². The number of aromatic nitrogens is 2. The minimum absolute atomic E-state index is 0.0456. The summed E-state index contributed by atoms with van der Waals surface area (Å²) < 4.78 is 19.3. The number of aromatic amines is 1. The zero-order valence-corrected chi connectivity index (χ0v) is 12.4. The Kier molecular flexibility index (Phi) is 4.20. The summed E-state index contributed by atoms with van der Waals surface area (Å²) in [5, 5.41) is 6.73. The van der Waals surface area contributed by atoms with Crippen molar-refractivity contribution in [3.8, 4) is 0 Å². The van der Waals surface area contributed by atoms with Gasteiger partial charge in [-0.3, -0.25) is 9.89 Å². The molecule has 0 saturated carbocycles. The molecule has 3 rings (SSSR count). The van der Waals surface area contributed by atoms with Crippen LogP contribution in [0.1, 0.15) is 28.2 Å². The molecule has 1 amide bonds. The molecule has 6 heteroatoms. The van der Waals surface area contributed by atoms with Gasteiger partial charge in [-0.05, 0) is 25.5 Å². The molecule has 2 aromatic rings. The molecular weight excluding hydrogens is 285 g/mol. The molecule has 1 aliphatic heterocycles. The highest BCUT2D eigenvalue weighted by Gasteiger charge is 2.29. The fourth-order valence-electron chi connectivity index (χ4n) is 2.63. The first kappa shape index (κ1) is 14.7. The number of hydrogen-bond acceptors (Lipinski definition) is 3. The van der Waals surface area contributed by atoms with Crippen LogP contribution in [0.5, 0.6) is 0 Å². The van der Waals surface area contributed by atoms with Crippen LogP contribution in [-0.4, -0.2) is 40.3 Å². The van der Waals surface area contributed by atoms with Crippen LogP contribution in [0.25, 0.3) is 0 Å². The summed E-state index contributed by atoms with van der Waals surface area (Å²) in [5.41, 5.74) is 1.66. The van der Waals surface area contributed by atoms with Gasteiger partial charge >= 0.3 is 0 Å². The van der Waals surface area contributed by atoms with Crippen molar-refractivity contribution >= 4 is 5.91 Å². The molecule has 1 N–H and O–H groups in total. The number of amides is 1. The molecule has 0 bridgehead atoms. The fraction of sp³-hybridized carbons (Fsp3) is 0.375. The second-order valence-electron chi connectivity index (χ2n) is 5.46. The largest absolute Gasteiger partial charge is 0.379 e. The van der Waals surface area contributed by atoms with E-state index >= 15 is 0 Å². The van der Waals surface area contributed by atoms with E-state index in [9.17, 15) is 9.18 Å². The van der Waals surface area contributed by atoms with Gasteiger partial charge in [0.05, 0.1) is 18.3 Å². The molecule has 0 spiro atoms. The van der Waals surface area contributed by atoms with Crippen LogP contribution in [0.15, 0.2) is 30.3 Å². The van der Waals surface area contributed by atoms with E-state index in [0.29, 0.717) is 24.5 Å². The van der Waals surface area contributed by atoms with Crippen LogP contribution in [0, 0.1) is 12.7 Å². The molecule has 1 aromatic carbocycles. The van der Waals surface area contributed by atoms with Gasteiger partial charge in [-0.25, -0.2) is 4.39 Å². The van der Waals surface area contributed by atoms with E-state index in [1.807, 2.05) is 6.92 Å². The average Bonchev–Trinajstić information content (AvgIpc) is 3.17. The standard InChI is InChI=1S/C16H18FN3O2/c1-11-8-15(19-18-11)16(21)20(13-6-7-22-10-13)9-12-4-2-3-5-14(12)17/h2-5,8,13H,6-7,9-10H2,1H3,(H,18,19). The summed E-state index contributed by atoms with van der Waals surface area (Å²) >= 11 is 0. The molecule has 5 nitrogen and oxygen atoms in total. The summed E-state index contributed by atoms with van der Waals surface area (Å²) in [5.74, 6) is -0.487. The molecule has 1 aliphatic rings. The van der Waals surface area contributed by atoms with Crippen molar-refractivity contribution in [2.45, 2.75) is 25.9 Å². The van der Waals surface area contributed by atoms with Gasteiger partial charge in [0.25, 0.3) is 5.91 Å². The normalized spacial score (nSPS) is 17.6. The van der Waals surface area contributed by atoms with Crippen LogP contribution in [0.2, 0.25) is 0 Å². The van der Waals surface area contributed by atoms with E-state index in [1.165, 1.54) is 6.07 Å². The average molecular weight is 303 g/mol. The lowest BCUT2D eigenvalue weighted by molar-refractivity contribution is 0.0627. The van der Waals surface area contributed by atoms with Crippen molar-refractivity contribution in [3.63, 3.8) is 0 Å². The third-order valence-electron chi connectivity index (χ3n) is 3.84. The Labute approximate surface area is 128 Å². The summed E-state index contributed by atoms with van der Waals surface area (Å²) in [7, 11) is 0. The third kappa shape index (κ3) is 3.01. The minimum atomic E-state index is -0.306. The molecule has 2 heterocycles. The van der Waals surface area contributed by atoms with E-state index in [0.717, 1.165) is 12.1 Å². The van der Waals surface area contributed by atoms with Crippen LogP contribution < -0.4 is 0 Å². The Hall–Kier alpha value is -2.21. The molecule has 0 radical (unpaired) electrons. The number of benzene rings is 1. The minimum Gasteiger partial charge on any atom is -0.379 e. The second kappa shape index (κ2) is 6.27. The van der Waals surface area contributed by atoms with Crippen molar-refractivity contribution < 1.29 is 13.9 Å². The Morgan fingerprint density at radius 1 is 1.50 bits per heavy atom. The van der Waals surface area contributed by atoms with Crippen molar-refractivity contribution in [3.05, 3.63) is 53.1 Å². The molecule has 1 atom stereocenters. The number of carbonyl (C=O) groups is 1. The van der Waals surface area contributed by atoms with Crippen molar-refractivity contribution in [2.75, 3.05) is 13.2 Å². The number of H-pyrrole nitrogens is 1. The highest BCUT2D eigenvalue weighted by molar-refractivity contribution is 5.92. The first-order valence-corrected chi connectivity index (χ1v) is 7.29. The van der Waals surface area contributed by atoms with Gasteiger partial charge in [0.1, 0.15) is 11.5 Å². The predicted molar refractivity (Wildman–Crippen MR) is 78.8 cm³/mol. The summed E-state index contributed by atoms with van der Waals surface area (Å²) in [4.78, 5) is 14.4. The number of ether oxygens (including phenoxy) is 1. The van der Waals surface area contributed by atoms with E-state index in [-0.39, 0.29) is 24.3 Å². The van der Waals surface area contributed by atoms with E-state index in [1.54, 1.807) is 29.2 Å². The third-order valence-corrected chi connectivity index (χ3v) is 3.84. The molecule has 1 unspecified atom stereocenters. The highest BCUT2D eigenvalue weighted by atomic mass is 19.1. The number of halogens is 1. The van der Waals surface area contributed by atoms with E-state index in [2.05, 4.69) is 10.2 Å². The number of rotatable bonds is 4. The Bertz CT molecular complexity index is 665. The molecular formula is C16H18FN3O2. The maximum absolute atomic E-state index is 13.9. The van der Waals surface area contributed by atoms with Gasteiger partial charge in [0.15, 0.2) is 0 Å². The maximum Gasteiger partial charge on any atom is 0.272 e. The van der Waals surface area contributed by atoms with Crippen molar-refractivity contribution in [1.29, 1.82) is 0 Å². The van der Waals surface area contributed by atoms with Crippen LogP contribution >= 0.6 is 0 Å². The van der Waals surface area contributed by atoms with E-state index < -0.39 is 0 Å². The van der Waals surface area contributed by atoms with Crippen LogP contribution in [0.3, 0.4) is 0 Å². The summed E-state index contributed by atoms with van der Waals surface area (Å²) in [6.45, 7) is 3.13. The second-order valence-corrected chi connectivity index (χ2v) is 5.46. The lowest BCUT2D eigenvalue weighted by Crippen LogP contribution is -2.40. The number of carbonyl (C=O) groups excluding carboxylic acids is 1. The molecule has 116 valence electrons. The van der Waals surface area contributed by atoms with Gasteiger partial charge in [0, 0.05) is 18.7 Å². The van der Waals surface area contributed by atoms with Gasteiger partial charge in [-0.2, -0.15) is 5.10 Å². The number of hydrogen-bond donors (Lipinski definition) is 1. The van der Waals surface area contributed by atoms with Gasteiger partial charge in [-0.1, -0.05) is 18.2 Å². The lowest BCUT2D eigenvalue weighted by atomic mass is 10.1. The molecule has 1 fully saturated rings. The zero-order chi connectivity index (χ0) is 15.5. The number of nitrogens with zero attached hydrogens (tertiary/aromatic N) is 2. The van der Waals surface area contributed by atoms with Gasteiger partial charge in [-0.15, -0.1) is 0 Å². The zero-order valence-electron chi connectivity index (χ0n) is 12.4. The first-order valence-electron chi connectivity index (χ1n) is 7.29. The Morgan fingerprint density at radius 2 is 2.32 bits per heavy atom. The molecule has 1 aromatic heterocycles. The van der Waals surface area contributed by atoms with Crippen LogP contribution in [-0.2, 0) is 11.3 Å². The predicted octanol–water partition coefficient (Wildman–Crippen LogP) is 2.29. The molecule has 1 saturated heterocycles. The summed E-state index contributed by atoms with van der Waals surface area (Å²) in [6.07, 6.45) is 0.757. The Balaban J connectivity index is 1.87.